The molecule has 0 saturated heterocycles. The molecule has 0 saturated carbocycles. The van der Waals surface area contributed by atoms with Crippen molar-refractivity contribution in [2.75, 3.05) is 6.61 Å². The van der Waals surface area contributed by atoms with E-state index in [-0.39, 0.29) is 5.97 Å². The molecule has 0 unspecified atom stereocenters. The molecule has 0 spiro atoms. The van der Waals surface area contributed by atoms with Crippen LogP contribution < -0.4 is 0 Å². The Morgan fingerprint density at radius 3 is 2.16 bits per heavy atom. The topological polar surface area (TPSA) is 26.3 Å². The van der Waals surface area contributed by atoms with Crippen LogP contribution in [0.2, 0.25) is 0 Å². The summed E-state index contributed by atoms with van der Waals surface area (Å²) in [6.45, 7) is 4.15. The van der Waals surface area contributed by atoms with Crippen molar-refractivity contribution in [1.82, 2.24) is 0 Å². The van der Waals surface area contributed by atoms with Gasteiger partial charge in [0.25, 0.3) is 0 Å². The SMILES string of the molecule is C=C(C(=O)OCCc1ccccc1)c1ccccc1. The van der Waals surface area contributed by atoms with Crippen LogP contribution in [0.15, 0.2) is 67.2 Å². The molecule has 2 nitrogen and oxygen atoms in total. The third-order valence-corrected chi connectivity index (χ3v) is 2.84. The minimum Gasteiger partial charge on any atom is -0.462 e. The van der Waals surface area contributed by atoms with E-state index in [0.29, 0.717) is 18.6 Å². The molecular formula is C17H16O2. The summed E-state index contributed by atoms with van der Waals surface area (Å²) < 4.78 is 5.22. The number of ether oxygens (including phenoxy) is 1. The molecule has 0 aliphatic heterocycles. The lowest BCUT2D eigenvalue weighted by Gasteiger charge is -2.07. The van der Waals surface area contributed by atoms with E-state index in [1.165, 1.54) is 0 Å². The third-order valence-electron chi connectivity index (χ3n) is 2.84. The zero-order chi connectivity index (χ0) is 13.5. The summed E-state index contributed by atoms with van der Waals surface area (Å²) in [6.07, 6.45) is 0.717. The fourth-order valence-corrected chi connectivity index (χ4v) is 1.75. The fourth-order valence-electron chi connectivity index (χ4n) is 1.75. The zero-order valence-corrected chi connectivity index (χ0v) is 10.7. The lowest BCUT2D eigenvalue weighted by atomic mass is 10.1. The Balaban J connectivity index is 1.84. The highest BCUT2D eigenvalue weighted by Gasteiger charge is 2.10. The van der Waals surface area contributed by atoms with Gasteiger partial charge in [-0.15, -0.1) is 0 Å². The van der Waals surface area contributed by atoms with Crippen molar-refractivity contribution < 1.29 is 9.53 Å². The van der Waals surface area contributed by atoms with Crippen LogP contribution in [0.1, 0.15) is 11.1 Å². The first-order valence-corrected chi connectivity index (χ1v) is 6.23. The van der Waals surface area contributed by atoms with Gasteiger partial charge in [0, 0.05) is 6.42 Å². The van der Waals surface area contributed by atoms with Gasteiger partial charge in [-0.1, -0.05) is 67.2 Å². The molecular weight excluding hydrogens is 236 g/mol. The second-order valence-corrected chi connectivity index (χ2v) is 4.22. The summed E-state index contributed by atoms with van der Waals surface area (Å²) in [4.78, 5) is 11.8. The fraction of sp³-hybridized carbons (Fsp3) is 0.118. The number of benzene rings is 2. The predicted molar refractivity (Wildman–Crippen MR) is 76.6 cm³/mol. The van der Waals surface area contributed by atoms with Crippen molar-refractivity contribution in [2.45, 2.75) is 6.42 Å². The van der Waals surface area contributed by atoms with E-state index in [1.54, 1.807) is 0 Å². The lowest BCUT2D eigenvalue weighted by Crippen LogP contribution is -2.09. The van der Waals surface area contributed by atoms with Crippen LogP contribution in [0.5, 0.6) is 0 Å². The molecule has 0 bridgehead atoms. The average Bonchev–Trinajstić information content (AvgIpc) is 2.48. The van der Waals surface area contributed by atoms with Crippen LogP contribution in [-0.2, 0) is 16.0 Å². The minimum absolute atomic E-state index is 0.359. The quantitative estimate of drug-likeness (QED) is 0.601. The normalized spacial score (nSPS) is 9.89. The first kappa shape index (κ1) is 13.1. The Morgan fingerprint density at radius 2 is 1.53 bits per heavy atom. The van der Waals surface area contributed by atoms with Crippen molar-refractivity contribution in [3.8, 4) is 0 Å². The molecule has 0 aliphatic carbocycles. The summed E-state index contributed by atoms with van der Waals surface area (Å²) in [6, 6.07) is 19.3. The van der Waals surface area contributed by atoms with Gasteiger partial charge in [-0.2, -0.15) is 0 Å². The molecule has 0 radical (unpaired) electrons. The van der Waals surface area contributed by atoms with E-state index in [0.717, 1.165) is 11.1 Å². The standard InChI is InChI=1S/C17H16O2/c1-14(16-10-6-3-7-11-16)17(18)19-13-12-15-8-4-2-5-9-15/h2-11H,1,12-13H2. The van der Waals surface area contributed by atoms with Crippen LogP contribution in [0, 0.1) is 0 Å². The number of rotatable bonds is 5. The summed E-state index contributed by atoms with van der Waals surface area (Å²) in [5, 5.41) is 0. The molecule has 0 aromatic heterocycles. The highest BCUT2D eigenvalue weighted by molar-refractivity contribution is 6.15. The number of hydrogen-bond acceptors (Lipinski definition) is 2. The van der Waals surface area contributed by atoms with Crippen molar-refractivity contribution in [2.24, 2.45) is 0 Å². The van der Waals surface area contributed by atoms with Crippen molar-refractivity contribution in [3.05, 3.63) is 78.4 Å². The van der Waals surface area contributed by atoms with Crippen LogP contribution >= 0.6 is 0 Å². The molecule has 0 atom stereocenters. The molecule has 2 aromatic carbocycles. The number of carbonyl (C=O) groups is 1. The maximum absolute atomic E-state index is 11.8. The van der Waals surface area contributed by atoms with E-state index >= 15 is 0 Å². The zero-order valence-electron chi connectivity index (χ0n) is 10.7. The van der Waals surface area contributed by atoms with Gasteiger partial charge in [0.2, 0.25) is 0 Å². The van der Waals surface area contributed by atoms with Crippen LogP contribution in [0.4, 0.5) is 0 Å². The lowest BCUT2D eigenvalue weighted by molar-refractivity contribution is -0.136. The van der Waals surface area contributed by atoms with Gasteiger partial charge in [-0.3, -0.25) is 0 Å². The van der Waals surface area contributed by atoms with Gasteiger partial charge in [0.15, 0.2) is 0 Å². The Kier molecular flexibility index (Phi) is 4.51. The molecule has 0 aliphatic rings. The molecule has 2 heteroatoms. The van der Waals surface area contributed by atoms with Crippen LogP contribution in [-0.4, -0.2) is 12.6 Å². The number of esters is 1. The number of hydrogen-bond donors (Lipinski definition) is 0. The highest BCUT2D eigenvalue weighted by Crippen LogP contribution is 2.13. The Hall–Kier alpha value is -2.35. The van der Waals surface area contributed by atoms with Gasteiger partial charge in [-0.05, 0) is 11.1 Å². The minimum atomic E-state index is -0.359. The third kappa shape index (κ3) is 3.81. The van der Waals surface area contributed by atoms with E-state index in [4.69, 9.17) is 4.74 Å². The van der Waals surface area contributed by atoms with Gasteiger partial charge in [0.1, 0.15) is 0 Å². The molecule has 2 rings (SSSR count). The second-order valence-electron chi connectivity index (χ2n) is 4.22. The summed E-state index contributed by atoms with van der Waals surface area (Å²) >= 11 is 0. The summed E-state index contributed by atoms with van der Waals surface area (Å²) in [5.41, 5.74) is 2.35. The molecule has 0 amide bonds. The Bertz CT molecular complexity index is 544. The summed E-state index contributed by atoms with van der Waals surface area (Å²) in [7, 11) is 0. The first-order valence-electron chi connectivity index (χ1n) is 6.23. The van der Waals surface area contributed by atoms with Crippen molar-refractivity contribution in [3.63, 3.8) is 0 Å². The predicted octanol–water partition coefficient (Wildman–Crippen LogP) is 3.49. The first-order chi connectivity index (χ1) is 9.27. The highest BCUT2D eigenvalue weighted by atomic mass is 16.5. The van der Waals surface area contributed by atoms with Crippen molar-refractivity contribution in [1.29, 1.82) is 0 Å². The molecule has 96 valence electrons. The second kappa shape index (κ2) is 6.55. The smallest absolute Gasteiger partial charge is 0.338 e. The Labute approximate surface area is 113 Å². The average molecular weight is 252 g/mol. The van der Waals surface area contributed by atoms with E-state index < -0.39 is 0 Å². The van der Waals surface area contributed by atoms with Gasteiger partial charge >= 0.3 is 5.97 Å². The Morgan fingerprint density at radius 1 is 0.947 bits per heavy atom. The van der Waals surface area contributed by atoms with Gasteiger partial charge in [0.05, 0.1) is 12.2 Å². The summed E-state index contributed by atoms with van der Waals surface area (Å²) in [5.74, 6) is -0.359. The van der Waals surface area contributed by atoms with Gasteiger partial charge in [-0.25, -0.2) is 4.79 Å². The van der Waals surface area contributed by atoms with E-state index in [9.17, 15) is 4.79 Å². The molecule has 0 N–H and O–H groups in total. The number of carbonyl (C=O) groups excluding carboxylic acids is 1. The molecule has 0 fully saturated rings. The largest absolute Gasteiger partial charge is 0.462 e. The van der Waals surface area contributed by atoms with Crippen molar-refractivity contribution >= 4 is 11.5 Å². The molecule has 19 heavy (non-hydrogen) atoms. The van der Waals surface area contributed by atoms with Gasteiger partial charge < -0.3 is 4.74 Å². The maximum Gasteiger partial charge on any atom is 0.338 e. The maximum atomic E-state index is 11.8. The van der Waals surface area contributed by atoms with E-state index in [1.807, 2.05) is 60.7 Å². The monoisotopic (exact) mass is 252 g/mol. The van der Waals surface area contributed by atoms with Crippen LogP contribution in [0.3, 0.4) is 0 Å². The molecule has 0 heterocycles. The molecule has 2 aromatic rings. The van der Waals surface area contributed by atoms with E-state index in [2.05, 4.69) is 6.58 Å². The van der Waals surface area contributed by atoms with Crippen LogP contribution in [0.25, 0.3) is 5.57 Å².